The quantitative estimate of drug-likeness (QED) is 0.351. The van der Waals surface area contributed by atoms with Crippen molar-refractivity contribution in [1.82, 2.24) is 9.55 Å². The van der Waals surface area contributed by atoms with Gasteiger partial charge in [0.1, 0.15) is 12.1 Å². The molecular weight excluding hydrogens is 408 g/mol. The third kappa shape index (κ3) is 4.18. The molecule has 2 atom stereocenters. The van der Waals surface area contributed by atoms with Gasteiger partial charge >= 0.3 is 11.9 Å². The molecule has 0 amide bonds. The first-order valence-electron chi connectivity index (χ1n) is 10.2. The summed E-state index contributed by atoms with van der Waals surface area (Å²) in [5.41, 5.74) is 16.8. The van der Waals surface area contributed by atoms with Gasteiger partial charge in [0.25, 0.3) is 0 Å². The fourth-order valence-electron chi connectivity index (χ4n) is 3.95. The third-order valence-electron chi connectivity index (χ3n) is 5.67. The molecule has 0 radical (unpaired) electrons. The number of hydrogen-bond acceptors (Lipinski definition) is 5. The Morgan fingerprint density at radius 2 is 1.62 bits per heavy atom. The number of pyridine rings is 1. The first kappa shape index (κ1) is 21.5. The van der Waals surface area contributed by atoms with Crippen LogP contribution in [0.1, 0.15) is 11.1 Å². The van der Waals surface area contributed by atoms with Crippen LogP contribution in [-0.4, -0.2) is 43.8 Å². The highest BCUT2D eigenvalue weighted by Crippen LogP contribution is 2.30. The van der Waals surface area contributed by atoms with Gasteiger partial charge in [0, 0.05) is 42.2 Å². The van der Waals surface area contributed by atoms with Gasteiger partial charge in [-0.15, -0.1) is 0 Å². The van der Waals surface area contributed by atoms with E-state index in [0.717, 1.165) is 44.1 Å². The molecule has 0 saturated carbocycles. The number of carbonyl (C=O) groups is 2. The highest BCUT2D eigenvalue weighted by atomic mass is 16.4. The maximum atomic E-state index is 11.2. The second-order valence-corrected chi connectivity index (χ2v) is 8.05. The smallest absolute Gasteiger partial charge is 0.320 e. The average molecular weight is 432 g/mol. The van der Waals surface area contributed by atoms with Gasteiger partial charge < -0.3 is 26.2 Å². The number of rotatable bonds is 7. The minimum Gasteiger partial charge on any atom is -0.480 e. The lowest BCUT2D eigenvalue weighted by molar-refractivity contribution is -0.139. The molecule has 0 aliphatic rings. The zero-order valence-corrected chi connectivity index (χ0v) is 17.5. The van der Waals surface area contributed by atoms with E-state index in [0.29, 0.717) is 0 Å². The van der Waals surface area contributed by atoms with E-state index < -0.39 is 24.0 Å². The van der Waals surface area contributed by atoms with Crippen LogP contribution in [0.5, 0.6) is 0 Å². The van der Waals surface area contributed by atoms with E-state index in [4.69, 9.17) is 16.6 Å². The van der Waals surface area contributed by atoms with Gasteiger partial charge in [0.15, 0.2) is 0 Å². The molecule has 0 spiro atoms. The summed E-state index contributed by atoms with van der Waals surface area (Å²) in [7, 11) is 1.92. The molecule has 0 unspecified atom stereocenters. The highest BCUT2D eigenvalue weighted by molar-refractivity contribution is 5.91. The lowest BCUT2D eigenvalue weighted by Gasteiger charge is -2.09. The molecular formula is C24H24N4O4. The molecule has 164 valence electrons. The number of carboxylic acid groups (broad SMARTS) is 2. The summed E-state index contributed by atoms with van der Waals surface area (Å²) >= 11 is 0. The van der Waals surface area contributed by atoms with E-state index in [2.05, 4.69) is 4.98 Å². The van der Waals surface area contributed by atoms with Gasteiger partial charge in [-0.3, -0.25) is 14.6 Å². The van der Waals surface area contributed by atoms with Crippen molar-refractivity contribution < 1.29 is 19.8 Å². The van der Waals surface area contributed by atoms with Crippen molar-refractivity contribution >= 4 is 33.7 Å². The van der Waals surface area contributed by atoms with E-state index in [1.807, 2.05) is 60.3 Å². The van der Waals surface area contributed by atoms with Crippen molar-refractivity contribution in [3.8, 4) is 11.1 Å². The van der Waals surface area contributed by atoms with E-state index in [-0.39, 0.29) is 12.8 Å². The number of fused-ring (bicyclic) bond motifs is 2. The molecule has 0 bridgehead atoms. The maximum Gasteiger partial charge on any atom is 0.320 e. The molecule has 8 nitrogen and oxygen atoms in total. The summed E-state index contributed by atoms with van der Waals surface area (Å²) in [6.45, 7) is 0. The molecule has 8 heteroatoms. The van der Waals surface area contributed by atoms with Crippen molar-refractivity contribution in [3.63, 3.8) is 0 Å². The number of aryl methyl sites for hydroxylation is 1. The fraction of sp³-hybridized carbons (Fsp3) is 0.208. The predicted octanol–water partition coefficient (Wildman–Crippen LogP) is 2.30. The number of nitrogens with zero attached hydrogens (tertiary/aromatic N) is 2. The lowest BCUT2D eigenvalue weighted by Crippen LogP contribution is -2.32. The van der Waals surface area contributed by atoms with Crippen LogP contribution in [0.4, 0.5) is 0 Å². The first-order chi connectivity index (χ1) is 15.2. The van der Waals surface area contributed by atoms with Crippen LogP contribution >= 0.6 is 0 Å². The maximum absolute atomic E-state index is 11.2. The number of aliphatic carboxylic acids is 2. The molecule has 2 aromatic heterocycles. The van der Waals surface area contributed by atoms with Gasteiger partial charge in [-0.1, -0.05) is 12.1 Å². The minimum absolute atomic E-state index is 0.200. The molecule has 0 saturated heterocycles. The minimum atomic E-state index is -1.05. The van der Waals surface area contributed by atoms with Crippen molar-refractivity contribution in [2.45, 2.75) is 24.9 Å². The zero-order chi connectivity index (χ0) is 23.0. The normalized spacial score (nSPS) is 13.3. The van der Waals surface area contributed by atoms with Gasteiger partial charge in [0.05, 0.1) is 5.52 Å². The van der Waals surface area contributed by atoms with Crippen LogP contribution in [0.3, 0.4) is 0 Å². The van der Waals surface area contributed by atoms with Crippen LogP contribution < -0.4 is 11.5 Å². The largest absolute Gasteiger partial charge is 0.480 e. The Morgan fingerprint density at radius 1 is 0.969 bits per heavy atom. The molecule has 0 aliphatic heterocycles. The number of benzene rings is 2. The highest BCUT2D eigenvalue weighted by Gasteiger charge is 2.17. The van der Waals surface area contributed by atoms with E-state index >= 15 is 0 Å². The first-order valence-corrected chi connectivity index (χ1v) is 10.2. The number of nitrogens with two attached hydrogens (primary N) is 2. The van der Waals surface area contributed by atoms with Crippen molar-refractivity contribution in [3.05, 3.63) is 66.0 Å². The summed E-state index contributed by atoms with van der Waals surface area (Å²) in [5.74, 6) is -2.08. The van der Waals surface area contributed by atoms with E-state index in [9.17, 15) is 14.7 Å². The summed E-state index contributed by atoms with van der Waals surface area (Å²) in [6.07, 6.45) is 4.01. The predicted molar refractivity (Wildman–Crippen MR) is 122 cm³/mol. The Bertz CT molecular complexity index is 1340. The topological polar surface area (TPSA) is 144 Å². The van der Waals surface area contributed by atoms with E-state index in [1.54, 1.807) is 6.20 Å². The number of carboxylic acids is 2. The van der Waals surface area contributed by atoms with Crippen LogP contribution in [0, 0.1) is 0 Å². The second kappa shape index (κ2) is 8.41. The number of hydrogen-bond donors (Lipinski definition) is 4. The molecule has 2 aromatic carbocycles. The average Bonchev–Trinajstić information content (AvgIpc) is 3.07. The van der Waals surface area contributed by atoms with Gasteiger partial charge in [-0.2, -0.15) is 0 Å². The number of aromatic nitrogens is 2. The zero-order valence-electron chi connectivity index (χ0n) is 17.5. The molecule has 4 aromatic rings. The standard InChI is InChI=1S/C24H24N4O4/c1-28-12-17(10-20(26)24(31)32)18-9-15(3-5-22(18)28)14-2-4-21-16(8-14)6-13(11-27-21)7-19(25)23(29)30/h2-6,8-9,11-12,19-20H,7,10,25-26H2,1H3,(H,29,30)(H,31,32)/t19-,20+/m0/s1. The molecule has 6 N–H and O–H groups in total. The second-order valence-electron chi connectivity index (χ2n) is 8.05. The molecule has 4 rings (SSSR count). The lowest BCUT2D eigenvalue weighted by atomic mass is 9.98. The Morgan fingerprint density at radius 3 is 2.34 bits per heavy atom. The third-order valence-corrected chi connectivity index (χ3v) is 5.67. The van der Waals surface area contributed by atoms with Gasteiger partial charge in [-0.05, 0) is 59.0 Å². The van der Waals surface area contributed by atoms with Crippen molar-refractivity contribution in [2.24, 2.45) is 18.5 Å². The summed E-state index contributed by atoms with van der Waals surface area (Å²) in [6, 6.07) is 11.9. The Kier molecular flexibility index (Phi) is 5.65. The summed E-state index contributed by atoms with van der Waals surface area (Å²) < 4.78 is 1.96. The van der Waals surface area contributed by atoms with Crippen LogP contribution in [0.25, 0.3) is 32.9 Å². The molecule has 32 heavy (non-hydrogen) atoms. The van der Waals surface area contributed by atoms with Gasteiger partial charge in [0.2, 0.25) is 0 Å². The van der Waals surface area contributed by atoms with Gasteiger partial charge in [-0.25, -0.2) is 0 Å². The van der Waals surface area contributed by atoms with Crippen molar-refractivity contribution in [2.75, 3.05) is 0 Å². The summed E-state index contributed by atoms with van der Waals surface area (Å²) in [5, 5.41) is 20.1. The SMILES string of the molecule is Cn1cc(C[C@@H](N)C(=O)O)c2cc(-c3ccc4ncc(C[C@H](N)C(=O)O)cc4c3)ccc21. The Labute approximate surface area is 184 Å². The van der Waals surface area contributed by atoms with E-state index in [1.165, 1.54) is 0 Å². The van der Waals surface area contributed by atoms with Crippen LogP contribution in [0.2, 0.25) is 0 Å². The Balaban J connectivity index is 1.73. The monoisotopic (exact) mass is 432 g/mol. The molecule has 0 fully saturated rings. The Hall–Kier alpha value is -3.75. The van der Waals surface area contributed by atoms with Crippen LogP contribution in [0.15, 0.2) is 54.9 Å². The summed E-state index contributed by atoms with van der Waals surface area (Å²) in [4.78, 5) is 26.7. The molecule has 0 aliphatic carbocycles. The molecule has 2 heterocycles. The fourth-order valence-corrected chi connectivity index (χ4v) is 3.95. The van der Waals surface area contributed by atoms with Crippen molar-refractivity contribution in [1.29, 1.82) is 0 Å². The van der Waals surface area contributed by atoms with Crippen LogP contribution in [-0.2, 0) is 29.5 Å².